The number of aromatic amines is 1. The Morgan fingerprint density at radius 1 is 1.09 bits per heavy atom. The zero-order valence-electron chi connectivity index (χ0n) is 18.8. The third kappa shape index (κ3) is 5.70. The molecule has 180 valence electrons. The number of rotatable bonds is 6. The third-order valence-electron chi connectivity index (χ3n) is 5.68. The Kier molecular flexibility index (Phi) is 8.90. The Bertz CT molecular complexity index is 1240. The molecule has 5 rings (SSSR count). The van der Waals surface area contributed by atoms with E-state index in [0.717, 1.165) is 41.7 Å². The summed E-state index contributed by atoms with van der Waals surface area (Å²) in [7, 11) is 1.94. The number of hydrogen-bond acceptors (Lipinski definition) is 7. The molecule has 2 aromatic heterocycles. The topological polar surface area (TPSA) is 85.9 Å². The van der Waals surface area contributed by atoms with Gasteiger partial charge in [-0.1, -0.05) is 42.5 Å². The van der Waals surface area contributed by atoms with Crippen LogP contribution in [0.5, 0.6) is 0 Å². The van der Waals surface area contributed by atoms with Crippen LogP contribution in [0.25, 0.3) is 20.8 Å². The maximum atomic E-state index is 13.3. The molecule has 10 heteroatoms. The molecule has 0 saturated carbocycles. The van der Waals surface area contributed by atoms with Crippen LogP contribution in [-0.2, 0) is 6.54 Å². The van der Waals surface area contributed by atoms with Gasteiger partial charge >= 0.3 is 0 Å². The molecule has 1 atom stereocenters. The second-order valence-corrected chi connectivity index (χ2v) is 9.16. The first-order valence-electron chi connectivity index (χ1n) is 10.9. The highest BCUT2D eigenvalue weighted by Gasteiger charge is 2.22. The number of halogens is 2. The van der Waals surface area contributed by atoms with Gasteiger partial charge in [-0.3, -0.25) is 9.78 Å². The van der Waals surface area contributed by atoms with Crippen molar-refractivity contribution in [2.24, 2.45) is 0 Å². The normalized spacial score (nSPS) is 15.3. The van der Waals surface area contributed by atoms with Gasteiger partial charge in [0.2, 0.25) is 5.95 Å². The molecule has 0 aliphatic carbocycles. The van der Waals surface area contributed by atoms with Gasteiger partial charge in [0.25, 0.3) is 5.56 Å². The van der Waals surface area contributed by atoms with Gasteiger partial charge in [-0.15, -0.1) is 36.2 Å². The zero-order chi connectivity index (χ0) is 21.9. The van der Waals surface area contributed by atoms with Crippen molar-refractivity contribution in [3.63, 3.8) is 0 Å². The highest BCUT2D eigenvalue weighted by atomic mass is 35.5. The molecule has 34 heavy (non-hydrogen) atoms. The van der Waals surface area contributed by atoms with E-state index in [0.29, 0.717) is 28.9 Å². The summed E-state index contributed by atoms with van der Waals surface area (Å²) in [6.45, 7) is 2.52. The summed E-state index contributed by atoms with van der Waals surface area (Å²) in [5, 5.41) is 7.64. The van der Waals surface area contributed by atoms with Crippen LogP contribution in [0.2, 0.25) is 0 Å². The minimum Gasteiger partial charge on any atom is -0.365 e. The fourth-order valence-corrected chi connectivity index (χ4v) is 5.03. The van der Waals surface area contributed by atoms with E-state index in [1.807, 2.05) is 54.4 Å². The average Bonchev–Trinajstić information content (AvgIpc) is 3.24. The lowest BCUT2D eigenvalue weighted by atomic mass is 10.1. The molecule has 4 aromatic rings. The Labute approximate surface area is 214 Å². The quantitative estimate of drug-likeness (QED) is 0.343. The molecule has 3 heterocycles. The number of piperidine rings is 1. The summed E-state index contributed by atoms with van der Waals surface area (Å²) in [5.74, 6) is 1.13. The number of para-hydroxylation sites is 1. The van der Waals surface area contributed by atoms with Crippen molar-refractivity contribution in [1.82, 2.24) is 20.3 Å². The number of H-pyrrole nitrogens is 1. The van der Waals surface area contributed by atoms with E-state index >= 15 is 0 Å². The average molecular weight is 520 g/mol. The van der Waals surface area contributed by atoms with Gasteiger partial charge in [0.1, 0.15) is 16.4 Å². The number of anilines is 2. The number of benzene rings is 2. The van der Waals surface area contributed by atoms with Gasteiger partial charge in [0, 0.05) is 26.2 Å². The Morgan fingerprint density at radius 2 is 1.85 bits per heavy atom. The Hall–Kier alpha value is -2.65. The second kappa shape index (κ2) is 11.7. The maximum Gasteiger partial charge on any atom is 0.264 e. The Morgan fingerprint density at radius 3 is 2.59 bits per heavy atom. The summed E-state index contributed by atoms with van der Waals surface area (Å²) in [6.07, 6.45) is 2.13. The van der Waals surface area contributed by atoms with E-state index in [-0.39, 0.29) is 36.4 Å². The number of hydrogen-bond donors (Lipinski definition) is 3. The van der Waals surface area contributed by atoms with Crippen molar-refractivity contribution in [2.75, 3.05) is 30.4 Å². The molecule has 0 spiro atoms. The van der Waals surface area contributed by atoms with Crippen LogP contribution < -0.4 is 21.1 Å². The van der Waals surface area contributed by atoms with Crippen molar-refractivity contribution >= 4 is 58.1 Å². The fraction of sp³-hybridized carbons (Fsp3) is 0.292. The van der Waals surface area contributed by atoms with Gasteiger partial charge < -0.3 is 15.5 Å². The molecular formula is C24H28Cl2N6OS. The largest absolute Gasteiger partial charge is 0.365 e. The SMILES string of the molecule is CN(Cc1ccccc1)c1nc(N[C@@H]2CCCNC2)c(-c2nc3ccccc3s2)c(=O)[nH]1.Cl.Cl. The van der Waals surface area contributed by atoms with Crippen LogP contribution in [0.1, 0.15) is 18.4 Å². The molecular weight excluding hydrogens is 491 g/mol. The van der Waals surface area contributed by atoms with Gasteiger partial charge in [0.15, 0.2) is 0 Å². The highest BCUT2D eigenvalue weighted by Crippen LogP contribution is 2.32. The van der Waals surface area contributed by atoms with Crippen molar-refractivity contribution in [3.8, 4) is 10.6 Å². The van der Waals surface area contributed by atoms with Crippen molar-refractivity contribution < 1.29 is 0 Å². The number of nitrogens with zero attached hydrogens (tertiary/aromatic N) is 3. The van der Waals surface area contributed by atoms with Crippen molar-refractivity contribution in [3.05, 3.63) is 70.5 Å². The third-order valence-corrected chi connectivity index (χ3v) is 6.73. The maximum absolute atomic E-state index is 13.3. The van der Waals surface area contributed by atoms with E-state index in [1.54, 1.807) is 0 Å². The molecule has 3 N–H and O–H groups in total. The summed E-state index contributed by atoms with van der Waals surface area (Å²) in [6, 6.07) is 18.3. The first-order valence-corrected chi connectivity index (χ1v) is 11.7. The molecule has 1 aliphatic heterocycles. The van der Waals surface area contributed by atoms with E-state index in [4.69, 9.17) is 9.97 Å². The minimum absolute atomic E-state index is 0. The summed E-state index contributed by atoms with van der Waals surface area (Å²) in [5.41, 5.74) is 2.37. The number of fused-ring (bicyclic) bond motifs is 1. The summed E-state index contributed by atoms with van der Waals surface area (Å²) >= 11 is 1.52. The predicted molar refractivity (Wildman–Crippen MR) is 146 cm³/mol. The van der Waals surface area contributed by atoms with Gasteiger partial charge in [-0.05, 0) is 37.1 Å². The minimum atomic E-state index is -0.180. The van der Waals surface area contributed by atoms with Gasteiger partial charge in [-0.25, -0.2) is 4.98 Å². The van der Waals surface area contributed by atoms with Crippen molar-refractivity contribution in [1.29, 1.82) is 0 Å². The first kappa shape index (κ1) is 26.0. The zero-order valence-corrected chi connectivity index (χ0v) is 21.2. The molecule has 0 radical (unpaired) electrons. The van der Waals surface area contributed by atoms with E-state index in [2.05, 4.69) is 27.8 Å². The van der Waals surface area contributed by atoms with Crippen LogP contribution in [-0.4, -0.2) is 41.1 Å². The lowest BCUT2D eigenvalue weighted by Crippen LogP contribution is -2.39. The molecule has 0 amide bonds. The fourth-order valence-electron chi connectivity index (χ4n) is 4.02. The second-order valence-electron chi connectivity index (χ2n) is 8.13. The monoisotopic (exact) mass is 518 g/mol. The molecule has 1 aliphatic rings. The molecule has 0 unspecified atom stereocenters. The summed E-state index contributed by atoms with van der Waals surface area (Å²) < 4.78 is 1.05. The number of aromatic nitrogens is 3. The lowest BCUT2D eigenvalue weighted by molar-refractivity contribution is 0.479. The summed E-state index contributed by atoms with van der Waals surface area (Å²) in [4.78, 5) is 27.9. The van der Waals surface area contributed by atoms with Gasteiger partial charge in [-0.2, -0.15) is 4.98 Å². The molecule has 7 nitrogen and oxygen atoms in total. The van der Waals surface area contributed by atoms with Crippen LogP contribution in [0.3, 0.4) is 0 Å². The molecule has 1 fully saturated rings. The van der Waals surface area contributed by atoms with E-state index < -0.39 is 0 Å². The van der Waals surface area contributed by atoms with Crippen LogP contribution in [0, 0.1) is 0 Å². The number of thiazole rings is 1. The smallest absolute Gasteiger partial charge is 0.264 e. The Balaban J connectivity index is 0.00000162. The van der Waals surface area contributed by atoms with E-state index in [1.165, 1.54) is 11.3 Å². The predicted octanol–water partition coefficient (Wildman–Crippen LogP) is 4.69. The lowest BCUT2D eigenvalue weighted by Gasteiger charge is -2.26. The van der Waals surface area contributed by atoms with E-state index in [9.17, 15) is 4.79 Å². The molecule has 1 saturated heterocycles. The van der Waals surface area contributed by atoms with Crippen LogP contribution in [0.15, 0.2) is 59.4 Å². The van der Waals surface area contributed by atoms with Crippen molar-refractivity contribution in [2.45, 2.75) is 25.4 Å². The number of nitrogens with one attached hydrogen (secondary N) is 3. The molecule has 0 bridgehead atoms. The highest BCUT2D eigenvalue weighted by molar-refractivity contribution is 7.21. The standard InChI is InChI=1S/C24H26N6OS.2ClH/c1-30(15-16-8-3-2-4-9-16)24-28-21(26-17-10-7-13-25-14-17)20(22(31)29-24)23-27-18-11-5-6-12-19(18)32-23;;/h2-6,8-9,11-12,17,25H,7,10,13-15H2,1H3,(H2,26,28,29,31);2*1H/t17-;;/m1../s1. The molecule has 2 aromatic carbocycles. The van der Waals surface area contributed by atoms with Gasteiger partial charge in [0.05, 0.1) is 10.2 Å². The van der Waals surface area contributed by atoms with Crippen LogP contribution in [0.4, 0.5) is 11.8 Å². The van der Waals surface area contributed by atoms with Crippen LogP contribution >= 0.6 is 36.2 Å². The first-order chi connectivity index (χ1) is 15.7.